The van der Waals surface area contributed by atoms with Gasteiger partial charge in [0.25, 0.3) is 0 Å². The van der Waals surface area contributed by atoms with Crippen LogP contribution >= 0.6 is 0 Å². The summed E-state index contributed by atoms with van der Waals surface area (Å²) in [6.07, 6.45) is 3.09. The Hall–Kier alpha value is -3.14. The number of nitrogens with zero attached hydrogens (tertiary/aromatic N) is 3. The number of hydrogen-bond donors (Lipinski definition) is 3. The first-order valence-corrected chi connectivity index (χ1v) is 5.92. The van der Waals surface area contributed by atoms with Crippen molar-refractivity contribution in [3.05, 3.63) is 47.0 Å². The molecular weight excluding hydrogens is 270 g/mol. The quantitative estimate of drug-likeness (QED) is 0.721. The van der Waals surface area contributed by atoms with Crippen molar-refractivity contribution in [2.75, 3.05) is 11.5 Å². The Bertz CT molecular complexity index is 707. The number of carboxylic acid groups (broad SMARTS) is 1. The third kappa shape index (κ3) is 4.47. The predicted molar refractivity (Wildman–Crippen MR) is 78.4 cm³/mol. The molecule has 0 aliphatic heterocycles. The molecule has 0 bridgehead atoms. The van der Waals surface area contributed by atoms with Gasteiger partial charge in [0.15, 0.2) is 11.4 Å². The van der Waals surface area contributed by atoms with Crippen LogP contribution in [0.2, 0.25) is 0 Å². The molecule has 0 saturated carbocycles. The van der Waals surface area contributed by atoms with Gasteiger partial charge in [0.1, 0.15) is 6.07 Å². The minimum absolute atomic E-state index is 0.0874. The fraction of sp³-hybridized carbons (Fsp3) is 0.143. The number of anilines is 2. The van der Waals surface area contributed by atoms with Gasteiger partial charge in [0, 0.05) is 12.4 Å². The van der Waals surface area contributed by atoms with E-state index in [0.717, 1.165) is 11.1 Å². The standard InChI is InChI=1S/C7H7N3.C7H8N2O2/c1-5-2-6(9)7(3-8)10-4-5;1-4-2-5(8)6(7(10)11)9-3-4/h2,4H,9H2,1H3;2-3H,8H2,1H3,(H,10,11). The normalized spacial score (nSPS) is 9.19. The van der Waals surface area contributed by atoms with Gasteiger partial charge in [0.2, 0.25) is 0 Å². The molecule has 0 fully saturated rings. The first-order chi connectivity index (χ1) is 9.85. The lowest BCUT2D eigenvalue weighted by atomic mass is 10.2. The molecule has 2 aromatic rings. The number of aromatic nitrogens is 2. The van der Waals surface area contributed by atoms with E-state index in [1.165, 1.54) is 6.20 Å². The van der Waals surface area contributed by atoms with E-state index in [1.807, 2.05) is 13.0 Å². The van der Waals surface area contributed by atoms with Crippen LogP contribution in [-0.4, -0.2) is 21.0 Å². The number of pyridine rings is 2. The molecule has 21 heavy (non-hydrogen) atoms. The van der Waals surface area contributed by atoms with E-state index in [-0.39, 0.29) is 11.4 Å². The van der Waals surface area contributed by atoms with Crippen LogP contribution in [0, 0.1) is 25.2 Å². The molecule has 0 aliphatic carbocycles. The fourth-order valence-electron chi connectivity index (χ4n) is 1.46. The van der Waals surface area contributed by atoms with E-state index in [1.54, 1.807) is 25.3 Å². The lowest BCUT2D eigenvalue weighted by Crippen LogP contribution is -2.05. The second-order valence-electron chi connectivity index (χ2n) is 4.32. The average Bonchev–Trinajstić information content (AvgIpc) is 2.39. The molecule has 0 amide bonds. The average molecular weight is 285 g/mol. The van der Waals surface area contributed by atoms with Crippen LogP contribution in [0.15, 0.2) is 24.5 Å². The number of aromatic carboxylic acids is 1. The maximum Gasteiger partial charge on any atom is 0.356 e. The zero-order valence-electron chi connectivity index (χ0n) is 11.7. The molecule has 2 rings (SSSR count). The number of aryl methyl sites for hydroxylation is 2. The van der Waals surface area contributed by atoms with Crippen LogP contribution < -0.4 is 11.5 Å². The summed E-state index contributed by atoms with van der Waals surface area (Å²) in [5.74, 6) is -1.09. The van der Waals surface area contributed by atoms with E-state index in [0.29, 0.717) is 11.4 Å². The summed E-state index contributed by atoms with van der Waals surface area (Å²) in [7, 11) is 0. The van der Waals surface area contributed by atoms with Crippen LogP contribution in [0.25, 0.3) is 0 Å². The van der Waals surface area contributed by atoms with Crippen molar-refractivity contribution in [3.63, 3.8) is 0 Å². The molecular formula is C14H15N5O2. The van der Waals surface area contributed by atoms with Crippen LogP contribution in [0.4, 0.5) is 11.4 Å². The Balaban J connectivity index is 0.000000211. The third-order valence-corrected chi connectivity index (χ3v) is 2.42. The van der Waals surface area contributed by atoms with E-state index in [4.69, 9.17) is 21.8 Å². The van der Waals surface area contributed by atoms with Crippen LogP contribution in [0.1, 0.15) is 27.3 Å². The largest absolute Gasteiger partial charge is 0.476 e. The molecule has 0 aliphatic rings. The van der Waals surface area contributed by atoms with Gasteiger partial charge >= 0.3 is 5.97 Å². The van der Waals surface area contributed by atoms with Gasteiger partial charge in [-0.2, -0.15) is 5.26 Å². The Labute approximate surface area is 121 Å². The number of nitriles is 1. The molecule has 2 heterocycles. The number of nitrogens with two attached hydrogens (primary N) is 2. The van der Waals surface area contributed by atoms with Crippen molar-refractivity contribution in [2.24, 2.45) is 0 Å². The number of nitrogen functional groups attached to an aromatic ring is 2. The summed E-state index contributed by atoms with van der Waals surface area (Å²) in [4.78, 5) is 17.9. The number of hydrogen-bond acceptors (Lipinski definition) is 6. The summed E-state index contributed by atoms with van der Waals surface area (Å²) in [5, 5.41) is 16.9. The highest BCUT2D eigenvalue weighted by Crippen LogP contribution is 2.09. The number of carbonyl (C=O) groups is 1. The van der Waals surface area contributed by atoms with Gasteiger partial charge in [-0.15, -0.1) is 0 Å². The summed E-state index contributed by atoms with van der Waals surface area (Å²) in [5.41, 5.74) is 13.5. The molecule has 0 spiro atoms. The van der Waals surface area contributed by atoms with Gasteiger partial charge in [-0.25, -0.2) is 14.8 Å². The molecule has 0 saturated heterocycles. The van der Waals surface area contributed by atoms with Crippen LogP contribution in [-0.2, 0) is 0 Å². The van der Waals surface area contributed by atoms with Crippen molar-refractivity contribution < 1.29 is 9.90 Å². The maximum absolute atomic E-state index is 10.4. The van der Waals surface area contributed by atoms with Crippen LogP contribution in [0.3, 0.4) is 0 Å². The number of carboxylic acids is 1. The van der Waals surface area contributed by atoms with Gasteiger partial charge in [-0.05, 0) is 37.1 Å². The zero-order valence-corrected chi connectivity index (χ0v) is 11.7. The lowest BCUT2D eigenvalue weighted by Gasteiger charge is -1.98. The smallest absolute Gasteiger partial charge is 0.356 e. The SMILES string of the molecule is Cc1cnc(C#N)c(N)c1.Cc1cnc(C(=O)O)c(N)c1. The highest BCUT2D eigenvalue weighted by molar-refractivity contribution is 5.91. The fourth-order valence-corrected chi connectivity index (χ4v) is 1.46. The molecule has 5 N–H and O–H groups in total. The van der Waals surface area contributed by atoms with E-state index >= 15 is 0 Å². The maximum atomic E-state index is 10.4. The highest BCUT2D eigenvalue weighted by atomic mass is 16.4. The molecule has 0 radical (unpaired) electrons. The Morgan fingerprint density at radius 3 is 2.10 bits per heavy atom. The van der Waals surface area contributed by atoms with Gasteiger partial charge < -0.3 is 16.6 Å². The molecule has 0 aromatic carbocycles. The van der Waals surface area contributed by atoms with Gasteiger partial charge in [-0.3, -0.25) is 0 Å². The lowest BCUT2D eigenvalue weighted by molar-refractivity contribution is 0.0692. The molecule has 108 valence electrons. The minimum atomic E-state index is -1.09. The van der Waals surface area contributed by atoms with E-state index in [9.17, 15) is 4.79 Å². The van der Waals surface area contributed by atoms with Gasteiger partial charge in [-0.1, -0.05) is 0 Å². The predicted octanol–water partition coefficient (Wildman–Crippen LogP) is 1.51. The Morgan fingerprint density at radius 2 is 1.67 bits per heavy atom. The van der Waals surface area contributed by atoms with Crippen molar-refractivity contribution in [3.8, 4) is 6.07 Å². The second kappa shape index (κ2) is 6.86. The topological polar surface area (TPSA) is 139 Å². The van der Waals surface area contributed by atoms with Crippen molar-refractivity contribution in [1.29, 1.82) is 5.26 Å². The van der Waals surface area contributed by atoms with E-state index < -0.39 is 5.97 Å². The first-order valence-electron chi connectivity index (χ1n) is 5.92. The van der Waals surface area contributed by atoms with E-state index in [2.05, 4.69) is 9.97 Å². The summed E-state index contributed by atoms with van der Waals surface area (Å²) >= 11 is 0. The van der Waals surface area contributed by atoms with Crippen LogP contribution in [0.5, 0.6) is 0 Å². The molecule has 7 nitrogen and oxygen atoms in total. The Kier molecular flexibility index (Phi) is 5.20. The summed E-state index contributed by atoms with van der Waals surface area (Å²) in [6.45, 7) is 3.68. The molecule has 0 atom stereocenters. The van der Waals surface area contributed by atoms with Crippen molar-refractivity contribution in [2.45, 2.75) is 13.8 Å². The Morgan fingerprint density at radius 1 is 1.14 bits per heavy atom. The molecule has 7 heteroatoms. The monoisotopic (exact) mass is 285 g/mol. The van der Waals surface area contributed by atoms with Crippen molar-refractivity contribution >= 4 is 17.3 Å². The third-order valence-electron chi connectivity index (χ3n) is 2.42. The number of rotatable bonds is 1. The highest BCUT2D eigenvalue weighted by Gasteiger charge is 2.07. The first kappa shape index (κ1) is 15.9. The van der Waals surface area contributed by atoms with Crippen molar-refractivity contribution in [1.82, 2.24) is 9.97 Å². The zero-order chi connectivity index (χ0) is 16.0. The molecule has 0 unspecified atom stereocenters. The molecule has 2 aromatic heterocycles. The summed E-state index contributed by atoms with van der Waals surface area (Å²) in [6, 6.07) is 5.19. The second-order valence-corrected chi connectivity index (χ2v) is 4.32. The minimum Gasteiger partial charge on any atom is -0.476 e. The van der Waals surface area contributed by atoms with Gasteiger partial charge in [0.05, 0.1) is 11.4 Å². The summed E-state index contributed by atoms with van der Waals surface area (Å²) < 4.78 is 0.